The van der Waals surface area contributed by atoms with Crippen molar-refractivity contribution in [2.24, 2.45) is 11.0 Å². The molecule has 1 aliphatic heterocycles. The molecule has 0 radical (unpaired) electrons. The first kappa shape index (κ1) is 30.4. The Labute approximate surface area is 240 Å². The Morgan fingerprint density at radius 3 is 2.55 bits per heavy atom. The predicted molar refractivity (Wildman–Crippen MR) is 157 cm³/mol. The van der Waals surface area contributed by atoms with Crippen molar-refractivity contribution in [3.8, 4) is 17.2 Å². The standard InChI is InChI=1S/C29H36N4O6S/c1-6-36-24-14-20(12-13-23(24)38-16-18(3)4)15-30-33-25(34)17-39-22-11-9-8-10-21(22)27-26(28(35)37-7-2)19(5)31-29(40)32-27/h8-15,18,27H,6-7,16-17H2,1-5H3,(H,33,34)(H2,31,32,40)/t27-/m0/s1. The van der Waals surface area contributed by atoms with Crippen molar-refractivity contribution in [1.29, 1.82) is 0 Å². The second kappa shape index (κ2) is 14.9. The minimum atomic E-state index is -0.614. The van der Waals surface area contributed by atoms with E-state index in [-0.39, 0.29) is 13.2 Å². The van der Waals surface area contributed by atoms with Crippen LogP contribution >= 0.6 is 12.2 Å². The highest BCUT2D eigenvalue weighted by atomic mass is 32.1. The molecule has 0 fully saturated rings. The Hall–Kier alpha value is -4.12. The summed E-state index contributed by atoms with van der Waals surface area (Å²) in [6, 6.07) is 11.9. The summed E-state index contributed by atoms with van der Waals surface area (Å²) < 4.78 is 22.6. The van der Waals surface area contributed by atoms with Gasteiger partial charge < -0.3 is 29.6 Å². The summed E-state index contributed by atoms with van der Waals surface area (Å²) in [6.07, 6.45) is 1.51. The van der Waals surface area contributed by atoms with Crippen molar-refractivity contribution in [2.45, 2.75) is 40.7 Å². The van der Waals surface area contributed by atoms with E-state index in [0.717, 1.165) is 5.56 Å². The fraction of sp³-hybridized carbons (Fsp3) is 0.379. The second-order valence-corrected chi connectivity index (χ2v) is 9.66. The lowest BCUT2D eigenvalue weighted by Crippen LogP contribution is -2.45. The highest BCUT2D eigenvalue weighted by Gasteiger charge is 2.32. The predicted octanol–water partition coefficient (Wildman–Crippen LogP) is 4.01. The number of thiocarbonyl (C=S) groups is 1. The van der Waals surface area contributed by atoms with E-state index in [1.807, 2.05) is 25.1 Å². The summed E-state index contributed by atoms with van der Waals surface area (Å²) in [5.74, 6) is 1.13. The smallest absolute Gasteiger partial charge is 0.338 e. The van der Waals surface area contributed by atoms with E-state index in [2.05, 4.69) is 35.0 Å². The number of allylic oxidation sites excluding steroid dienone is 1. The molecular weight excluding hydrogens is 532 g/mol. The summed E-state index contributed by atoms with van der Waals surface area (Å²) in [7, 11) is 0. The lowest BCUT2D eigenvalue weighted by molar-refractivity contribution is -0.139. The molecule has 40 heavy (non-hydrogen) atoms. The van der Waals surface area contributed by atoms with E-state index in [1.54, 1.807) is 38.1 Å². The third-order valence-electron chi connectivity index (χ3n) is 5.60. The molecule has 3 rings (SSSR count). The topological polar surface area (TPSA) is 120 Å². The molecule has 0 aromatic heterocycles. The summed E-state index contributed by atoms with van der Waals surface area (Å²) in [5.41, 5.74) is 4.80. The van der Waals surface area contributed by atoms with Crippen LogP contribution in [0.1, 0.15) is 51.8 Å². The molecule has 0 saturated heterocycles. The minimum absolute atomic E-state index is 0.231. The normalized spacial score (nSPS) is 14.9. The summed E-state index contributed by atoms with van der Waals surface area (Å²) >= 11 is 5.31. The Kier molecular flexibility index (Phi) is 11.3. The maximum absolute atomic E-state index is 12.7. The van der Waals surface area contributed by atoms with E-state index >= 15 is 0 Å². The highest BCUT2D eigenvalue weighted by molar-refractivity contribution is 7.80. The number of benzene rings is 2. The van der Waals surface area contributed by atoms with Gasteiger partial charge in [0.15, 0.2) is 23.2 Å². The van der Waals surface area contributed by atoms with E-state index in [4.69, 9.17) is 31.2 Å². The van der Waals surface area contributed by atoms with Crippen molar-refractivity contribution < 1.29 is 28.5 Å². The van der Waals surface area contributed by atoms with E-state index in [9.17, 15) is 9.59 Å². The third-order valence-corrected chi connectivity index (χ3v) is 5.82. The largest absolute Gasteiger partial charge is 0.490 e. The number of carbonyl (C=O) groups excluding carboxylic acids is 2. The van der Waals surface area contributed by atoms with Crippen LogP contribution in [0.25, 0.3) is 0 Å². The van der Waals surface area contributed by atoms with Crippen LogP contribution in [0.15, 0.2) is 58.8 Å². The maximum atomic E-state index is 12.7. The number of hydrogen-bond donors (Lipinski definition) is 3. The minimum Gasteiger partial charge on any atom is -0.490 e. The summed E-state index contributed by atoms with van der Waals surface area (Å²) in [4.78, 5) is 25.2. The number of esters is 1. The molecule has 214 valence electrons. The van der Waals surface area contributed by atoms with Gasteiger partial charge in [-0.3, -0.25) is 4.79 Å². The molecule has 3 N–H and O–H groups in total. The Morgan fingerprint density at radius 1 is 1.05 bits per heavy atom. The first-order chi connectivity index (χ1) is 19.2. The van der Waals surface area contributed by atoms with Crippen LogP contribution < -0.4 is 30.3 Å². The van der Waals surface area contributed by atoms with Crippen molar-refractivity contribution in [3.05, 3.63) is 64.9 Å². The van der Waals surface area contributed by atoms with Crippen LogP contribution in [-0.2, 0) is 14.3 Å². The molecule has 1 heterocycles. The summed E-state index contributed by atoms with van der Waals surface area (Å²) in [5, 5.41) is 10.5. The van der Waals surface area contributed by atoms with E-state index in [0.29, 0.717) is 58.3 Å². The molecule has 1 atom stereocenters. The Bertz CT molecular complexity index is 1280. The molecule has 2 aromatic carbocycles. The lowest BCUT2D eigenvalue weighted by atomic mass is 9.95. The number of nitrogens with zero attached hydrogens (tertiary/aromatic N) is 1. The average molecular weight is 569 g/mol. The number of para-hydroxylation sites is 1. The lowest BCUT2D eigenvalue weighted by Gasteiger charge is -2.30. The fourth-order valence-corrected chi connectivity index (χ4v) is 4.13. The van der Waals surface area contributed by atoms with Gasteiger partial charge in [-0.1, -0.05) is 32.0 Å². The van der Waals surface area contributed by atoms with Gasteiger partial charge in [-0.25, -0.2) is 10.2 Å². The average Bonchev–Trinajstić information content (AvgIpc) is 2.91. The number of ether oxygens (including phenoxy) is 4. The van der Waals surface area contributed by atoms with Crippen LogP contribution in [0.2, 0.25) is 0 Å². The SMILES string of the molecule is CCOC(=O)C1=C(C)NC(=S)N[C@H]1c1ccccc1OCC(=O)NN=Cc1ccc(OCC(C)C)c(OCC)c1. The molecule has 2 aromatic rings. The number of amides is 1. The van der Waals surface area contributed by atoms with Gasteiger partial charge in [0.1, 0.15) is 5.75 Å². The van der Waals surface area contributed by atoms with Crippen LogP contribution in [0.5, 0.6) is 17.2 Å². The van der Waals surface area contributed by atoms with Gasteiger partial charge in [0.05, 0.1) is 37.7 Å². The van der Waals surface area contributed by atoms with E-state index < -0.39 is 17.9 Å². The molecule has 0 spiro atoms. The zero-order valence-corrected chi connectivity index (χ0v) is 24.2. The van der Waals surface area contributed by atoms with Crippen molar-refractivity contribution in [1.82, 2.24) is 16.1 Å². The monoisotopic (exact) mass is 568 g/mol. The zero-order valence-electron chi connectivity index (χ0n) is 23.4. The highest BCUT2D eigenvalue weighted by Crippen LogP contribution is 2.33. The molecule has 0 bridgehead atoms. The fourth-order valence-electron chi connectivity index (χ4n) is 3.86. The van der Waals surface area contributed by atoms with Crippen molar-refractivity contribution in [2.75, 3.05) is 26.4 Å². The van der Waals surface area contributed by atoms with Gasteiger partial charge in [0.25, 0.3) is 5.91 Å². The molecular formula is C29H36N4O6S. The first-order valence-corrected chi connectivity index (χ1v) is 13.5. The Balaban J connectivity index is 1.66. The van der Waals surface area contributed by atoms with Crippen molar-refractivity contribution >= 4 is 35.4 Å². The van der Waals surface area contributed by atoms with Gasteiger partial charge in [-0.2, -0.15) is 5.10 Å². The van der Waals surface area contributed by atoms with E-state index in [1.165, 1.54) is 6.21 Å². The van der Waals surface area contributed by atoms with Gasteiger partial charge in [0, 0.05) is 11.3 Å². The number of nitrogens with one attached hydrogen (secondary N) is 3. The van der Waals surface area contributed by atoms with Crippen LogP contribution in [0.3, 0.4) is 0 Å². The maximum Gasteiger partial charge on any atom is 0.338 e. The number of rotatable bonds is 13. The molecule has 1 aliphatic rings. The van der Waals surface area contributed by atoms with Gasteiger partial charge in [0.2, 0.25) is 0 Å². The molecule has 0 saturated carbocycles. The van der Waals surface area contributed by atoms with Gasteiger partial charge in [-0.15, -0.1) is 0 Å². The molecule has 11 heteroatoms. The van der Waals surface area contributed by atoms with Crippen molar-refractivity contribution in [3.63, 3.8) is 0 Å². The van der Waals surface area contributed by atoms with Gasteiger partial charge in [-0.05, 0) is 68.7 Å². The first-order valence-electron chi connectivity index (χ1n) is 13.1. The third kappa shape index (κ3) is 8.44. The summed E-state index contributed by atoms with van der Waals surface area (Å²) in [6.45, 7) is 10.5. The zero-order chi connectivity index (χ0) is 29.1. The Morgan fingerprint density at radius 2 is 1.82 bits per heavy atom. The molecule has 0 aliphatic carbocycles. The molecule has 0 unspecified atom stereocenters. The van der Waals surface area contributed by atoms with Crippen LogP contribution in [0.4, 0.5) is 0 Å². The van der Waals surface area contributed by atoms with Gasteiger partial charge >= 0.3 is 5.97 Å². The van der Waals surface area contributed by atoms with Crippen LogP contribution in [0, 0.1) is 5.92 Å². The second-order valence-electron chi connectivity index (χ2n) is 9.25. The van der Waals surface area contributed by atoms with Crippen LogP contribution in [-0.4, -0.2) is 49.6 Å². The molecule has 10 nitrogen and oxygen atoms in total. The number of hydrazone groups is 1. The number of hydrogen-bond acceptors (Lipinski definition) is 8. The molecule has 1 amide bonds. The quantitative estimate of drug-likeness (QED) is 0.143. The number of carbonyl (C=O) groups is 2.